The summed E-state index contributed by atoms with van der Waals surface area (Å²) in [5.41, 5.74) is 4.24. The fourth-order valence-electron chi connectivity index (χ4n) is 4.52. The van der Waals surface area contributed by atoms with Crippen LogP contribution in [0.3, 0.4) is 0 Å². The molecule has 0 aliphatic carbocycles. The van der Waals surface area contributed by atoms with Gasteiger partial charge in [-0.05, 0) is 73.4 Å². The number of oxazole rings is 1. The average molecular weight is 461 g/mol. The van der Waals surface area contributed by atoms with Crippen molar-refractivity contribution >= 4 is 40.3 Å². The molecule has 1 atom stereocenters. The molecule has 0 radical (unpaired) electrons. The predicted octanol–water partition coefficient (Wildman–Crippen LogP) is 5.42. The van der Waals surface area contributed by atoms with Gasteiger partial charge in [0.15, 0.2) is 5.58 Å². The zero-order valence-corrected chi connectivity index (χ0v) is 20.1. The second-order valence-corrected chi connectivity index (χ2v) is 10.1. The summed E-state index contributed by atoms with van der Waals surface area (Å²) in [6, 6.07) is 13.1. The van der Waals surface area contributed by atoms with Crippen LogP contribution in [0.4, 0.5) is 6.01 Å². The molecule has 2 heterocycles. The van der Waals surface area contributed by atoms with E-state index in [1.165, 1.54) is 37.1 Å². The second kappa shape index (κ2) is 9.81. The van der Waals surface area contributed by atoms with Crippen LogP contribution >= 0.6 is 23.2 Å². The molecule has 1 saturated heterocycles. The number of likely N-dealkylation sites (tertiary alicyclic amines) is 1. The third-order valence-corrected chi connectivity index (χ3v) is 7.22. The summed E-state index contributed by atoms with van der Waals surface area (Å²) in [4.78, 5) is 6.31. The molecule has 0 amide bonds. The number of aryl methyl sites for hydroxylation is 1. The van der Waals surface area contributed by atoms with Crippen LogP contribution in [-0.4, -0.2) is 30.7 Å². The maximum absolute atomic E-state index is 6.19. The maximum Gasteiger partial charge on any atom is 0.296 e. The van der Waals surface area contributed by atoms with Gasteiger partial charge < -0.3 is 14.6 Å². The lowest BCUT2D eigenvalue weighted by Gasteiger charge is -2.33. The zero-order chi connectivity index (χ0) is 22.0. The van der Waals surface area contributed by atoms with Crippen LogP contribution in [0.15, 0.2) is 40.8 Å². The Bertz CT molecular complexity index is 1020. The minimum Gasteiger partial charge on any atom is -0.424 e. The Morgan fingerprint density at radius 3 is 2.58 bits per heavy atom. The van der Waals surface area contributed by atoms with Crippen molar-refractivity contribution in [1.82, 2.24) is 4.98 Å². The lowest BCUT2D eigenvalue weighted by atomic mass is 9.89. The zero-order valence-electron chi connectivity index (χ0n) is 18.6. The number of hydrogen-bond donors (Lipinski definition) is 2. The van der Waals surface area contributed by atoms with Gasteiger partial charge in [0.1, 0.15) is 5.52 Å². The molecule has 4 nitrogen and oxygen atoms in total. The maximum atomic E-state index is 6.19. The molecule has 1 aromatic heterocycles. The van der Waals surface area contributed by atoms with Crippen LogP contribution < -0.4 is 10.2 Å². The van der Waals surface area contributed by atoms with Gasteiger partial charge in [-0.3, -0.25) is 0 Å². The van der Waals surface area contributed by atoms with Crippen LogP contribution in [0, 0.1) is 18.8 Å². The monoisotopic (exact) mass is 460 g/mol. The molecule has 0 bridgehead atoms. The molecule has 4 rings (SSSR count). The average Bonchev–Trinajstić information content (AvgIpc) is 3.13. The van der Waals surface area contributed by atoms with E-state index >= 15 is 0 Å². The molecular formula is C25H32Cl2N3O+. The van der Waals surface area contributed by atoms with Gasteiger partial charge in [0.25, 0.3) is 6.01 Å². The molecule has 0 spiro atoms. The first-order chi connectivity index (χ1) is 14.9. The molecular weight excluding hydrogens is 429 g/mol. The molecule has 2 aromatic carbocycles. The first-order valence-electron chi connectivity index (χ1n) is 11.3. The highest BCUT2D eigenvalue weighted by Crippen LogP contribution is 2.26. The van der Waals surface area contributed by atoms with Crippen molar-refractivity contribution in [2.75, 3.05) is 25.0 Å². The number of fused-ring (bicyclic) bond motifs is 1. The Hall–Kier alpha value is -1.75. The van der Waals surface area contributed by atoms with Crippen molar-refractivity contribution in [2.45, 2.75) is 46.1 Å². The van der Waals surface area contributed by atoms with Gasteiger partial charge in [-0.25, -0.2) is 0 Å². The van der Waals surface area contributed by atoms with E-state index in [0.29, 0.717) is 33.9 Å². The number of piperidine rings is 1. The SMILES string of the molecule is Cc1ccc2oc(N[C@H](C[NH+]3CCC(Cc4ccc(Cl)c(Cl)c4)CC3)C(C)C)nc2c1. The number of anilines is 1. The summed E-state index contributed by atoms with van der Waals surface area (Å²) < 4.78 is 5.94. The number of rotatable bonds is 7. The standard InChI is InChI=1S/C25H31Cl2N3O/c1-16(2)23(29-25-28-22-12-17(3)4-7-24(22)31-25)15-30-10-8-18(9-11-30)13-19-5-6-20(26)21(27)14-19/h4-7,12,14,16,18,23H,8-11,13,15H2,1-3H3,(H,28,29)/p+1/t23-/m1/s1. The first kappa shape index (κ1) is 22.4. The Kier molecular flexibility index (Phi) is 7.10. The Morgan fingerprint density at radius 1 is 1.10 bits per heavy atom. The van der Waals surface area contributed by atoms with Gasteiger partial charge in [-0.2, -0.15) is 4.98 Å². The van der Waals surface area contributed by atoms with Crippen molar-refractivity contribution in [2.24, 2.45) is 11.8 Å². The van der Waals surface area contributed by atoms with Crippen LogP contribution in [0.1, 0.15) is 37.8 Å². The summed E-state index contributed by atoms with van der Waals surface area (Å²) in [7, 11) is 0. The van der Waals surface area contributed by atoms with E-state index in [9.17, 15) is 0 Å². The minimum absolute atomic E-state index is 0.329. The van der Waals surface area contributed by atoms with E-state index in [0.717, 1.165) is 24.1 Å². The summed E-state index contributed by atoms with van der Waals surface area (Å²) >= 11 is 12.2. The van der Waals surface area contributed by atoms with E-state index in [1.807, 2.05) is 18.2 Å². The number of aromatic nitrogens is 1. The number of quaternary nitrogens is 1. The second-order valence-electron chi connectivity index (χ2n) is 9.34. The van der Waals surface area contributed by atoms with Crippen molar-refractivity contribution < 1.29 is 9.32 Å². The van der Waals surface area contributed by atoms with Crippen LogP contribution in [-0.2, 0) is 6.42 Å². The molecule has 6 heteroatoms. The lowest BCUT2D eigenvalue weighted by Crippen LogP contribution is -3.14. The number of nitrogens with one attached hydrogen (secondary N) is 2. The molecule has 1 aliphatic rings. The molecule has 0 unspecified atom stereocenters. The summed E-state index contributed by atoms with van der Waals surface area (Å²) in [5, 5.41) is 4.86. The van der Waals surface area contributed by atoms with Crippen LogP contribution in [0.25, 0.3) is 11.1 Å². The van der Waals surface area contributed by atoms with E-state index in [1.54, 1.807) is 4.90 Å². The van der Waals surface area contributed by atoms with Gasteiger partial charge in [-0.15, -0.1) is 0 Å². The summed E-state index contributed by atoms with van der Waals surface area (Å²) in [5.74, 6) is 1.21. The smallest absolute Gasteiger partial charge is 0.296 e. The Balaban J connectivity index is 1.32. The van der Waals surface area contributed by atoms with Crippen molar-refractivity contribution in [3.05, 3.63) is 57.6 Å². The van der Waals surface area contributed by atoms with E-state index in [4.69, 9.17) is 27.6 Å². The van der Waals surface area contributed by atoms with Gasteiger partial charge in [0.05, 0.1) is 35.7 Å². The van der Waals surface area contributed by atoms with Gasteiger partial charge in [-0.1, -0.05) is 49.2 Å². The minimum atomic E-state index is 0.329. The highest BCUT2D eigenvalue weighted by Gasteiger charge is 2.27. The third kappa shape index (κ3) is 5.74. The van der Waals surface area contributed by atoms with E-state index < -0.39 is 0 Å². The Labute approximate surface area is 194 Å². The number of nitrogens with zero attached hydrogens (tertiary/aromatic N) is 1. The van der Waals surface area contributed by atoms with Crippen molar-refractivity contribution in [3.63, 3.8) is 0 Å². The fourth-order valence-corrected chi connectivity index (χ4v) is 4.84. The molecule has 1 fully saturated rings. The van der Waals surface area contributed by atoms with Gasteiger partial charge in [0.2, 0.25) is 0 Å². The van der Waals surface area contributed by atoms with Crippen molar-refractivity contribution in [1.29, 1.82) is 0 Å². The summed E-state index contributed by atoms with van der Waals surface area (Å²) in [6.07, 6.45) is 3.56. The molecule has 2 N–H and O–H groups in total. The van der Waals surface area contributed by atoms with E-state index in [-0.39, 0.29) is 0 Å². The number of benzene rings is 2. The van der Waals surface area contributed by atoms with Crippen LogP contribution in [0.5, 0.6) is 0 Å². The first-order valence-corrected chi connectivity index (χ1v) is 12.0. The predicted molar refractivity (Wildman–Crippen MR) is 129 cm³/mol. The topological polar surface area (TPSA) is 42.5 Å². The van der Waals surface area contributed by atoms with Gasteiger partial charge in [0, 0.05) is 0 Å². The molecule has 31 heavy (non-hydrogen) atoms. The largest absolute Gasteiger partial charge is 0.424 e. The highest BCUT2D eigenvalue weighted by atomic mass is 35.5. The fraction of sp³-hybridized carbons (Fsp3) is 0.480. The molecule has 1 aliphatic heterocycles. The quantitative estimate of drug-likeness (QED) is 0.494. The van der Waals surface area contributed by atoms with Crippen LogP contribution in [0.2, 0.25) is 10.0 Å². The normalized spacial score (nSPS) is 20.3. The highest BCUT2D eigenvalue weighted by molar-refractivity contribution is 6.42. The van der Waals surface area contributed by atoms with E-state index in [2.05, 4.69) is 49.3 Å². The third-order valence-electron chi connectivity index (χ3n) is 6.49. The number of hydrogen-bond acceptors (Lipinski definition) is 3. The van der Waals surface area contributed by atoms with Gasteiger partial charge >= 0.3 is 0 Å². The Morgan fingerprint density at radius 2 is 1.87 bits per heavy atom. The molecule has 0 saturated carbocycles. The van der Waals surface area contributed by atoms with Crippen molar-refractivity contribution in [3.8, 4) is 0 Å². The number of halogens is 2. The molecule has 3 aromatic rings. The lowest BCUT2D eigenvalue weighted by molar-refractivity contribution is -0.907. The summed E-state index contributed by atoms with van der Waals surface area (Å²) in [6.45, 7) is 10.1. The molecule has 166 valence electrons.